The molecule has 2 N–H and O–H groups in total. The molecular weight excluding hydrogens is 458 g/mol. The lowest BCUT2D eigenvalue weighted by Crippen LogP contribution is -2.31. The first-order chi connectivity index (χ1) is 16.1. The number of nitrogens with zero attached hydrogens (tertiary/aromatic N) is 3. The number of para-hydroxylation sites is 2. The average molecular weight is 478 g/mol. The fourth-order valence-electron chi connectivity index (χ4n) is 3.88. The van der Waals surface area contributed by atoms with Crippen LogP contribution in [0.5, 0.6) is 5.75 Å². The molecule has 0 radical (unpaired) electrons. The number of allylic oxidation sites excluding steroid dienone is 1. The minimum absolute atomic E-state index is 0.284. The summed E-state index contributed by atoms with van der Waals surface area (Å²) in [6, 6.07) is 18.1. The Balaban J connectivity index is 1.62. The maximum absolute atomic E-state index is 13.6. The number of anilines is 2. The van der Waals surface area contributed by atoms with Gasteiger partial charge in [0.2, 0.25) is 5.95 Å². The van der Waals surface area contributed by atoms with E-state index in [-0.39, 0.29) is 5.91 Å². The van der Waals surface area contributed by atoms with Crippen LogP contribution in [-0.4, -0.2) is 27.8 Å². The molecule has 0 fully saturated rings. The summed E-state index contributed by atoms with van der Waals surface area (Å²) in [4.78, 5) is 19.2. The SMILES string of the molecule is COc1ccccc1NC(=O)C1=C(C)Nc2nc(-c3cccs3)nn2[C@@H]1c1ccccc1Cl. The van der Waals surface area contributed by atoms with E-state index >= 15 is 0 Å². The van der Waals surface area contributed by atoms with Gasteiger partial charge in [0, 0.05) is 16.3 Å². The molecule has 2 aromatic carbocycles. The Hall–Kier alpha value is -3.62. The molecule has 2 aromatic heterocycles. The molecule has 1 atom stereocenters. The second kappa shape index (κ2) is 8.73. The predicted molar refractivity (Wildman–Crippen MR) is 131 cm³/mol. The lowest BCUT2D eigenvalue weighted by atomic mass is 9.95. The van der Waals surface area contributed by atoms with E-state index in [1.54, 1.807) is 41.3 Å². The molecule has 0 unspecified atom stereocenters. The second-order valence-electron chi connectivity index (χ2n) is 7.42. The van der Waals surface area contributed by atoms with Gasteiger partial charge >= 0.3 is 0 Å². The summed E-state index contributed by atoms with van der Waals surface area (Å²) in [6.45, 7) is 1.85. The number of hydrogen-bond acceptors (Lipinski definition) is 6. The van der Waals surface area contributed by atoms with Gasteiger partial charge in [0.15, 0.2) is 5.82 Å². The molecule has 9 heteroatoms. The molecule has 0 spiro atoms. The van der Waals surface area contributed by atoms with Gasteiger partial charge in [-0.2, -0.15) is 4.98 Å². The molecule has 0 saturated heterocycles. The van der Waals surface area contributed by atoms with Crippen molar-refractivity contribution in [3.05, 3.63) is 87.9 Å². The Morgan fingerprint density at radius 1 is 1.15 bits per heavy atom. The molecular formula is C24H20ClN5O2S. The maximum Gasteiger partial charge on any atom is 0.255 e. The van der Waals surface area contributed by atoms with Crippen LogP contribution in [0.15, 0.2) is 77.3 Å². The Morgan fingerprint density at radius 3 is 2.70 bits per heavy atom. The Labute approximate surface area is 199 Å². The van der Waals surface area contributed by atoms with E-state index in [0.29, 0.717) is 39.5 Å². The minimum Gasteiger partial charge on any atom is -0.495 e. The zero-order valence-electron chi connectivity index (χ0n) is 17.9. The third-order valence-electron chi connectivity index (χ3n) is 5.39. The van der Waals surface area contributed by atoms with Gasteiger partial charge < -0.3 is 15.4 Å². The van der Waals surface area contributed by atoms with Crippen LogP contribution in [0, 0.1) is 0 Å². The van der Waals surface area contributed by atoms with Crippen LogP contribution < -0.4 is 15.4 Å². The van der Waals surface area contributed by atoms with E-state index in [2.05, 4.69) is 15.6 Å². The smallest absolute Gasteiger partial charge is 0.255 e. The van der Waals surface area contributed by atoms with Gasteiger partial charge in [-0.3, -0.25) is 4.79 Å². The second-order valence-corrected chi connectivity index (χ2v) is 8.78. The topological polar surface area (TPSA) is 81.1 Å². The fourth-order valence-corrected chi connectivity index (χ4v) is 4.77. The van der Waals surface area contributed by atoms with Gasteiger partial charge in [0.25, 0.3) is 5.91 Å². The number of aromatic nitrogens is 3. The lowest BCUT2D eigenvalue weighted by molar-refractivity contribution is -0.113. The normalized spacial score (nSPS) is 15.1. The van der Waals surface area contributed by atoms with Crippen molar-refractivity contribution in [1.82, 2.24) is 14.8 Å². The predicted octanol–water partition coefficient (Wildman–Crippen LogP) is 5.60. The molecule has 166 valence electrons. The van der Waals surface area contributed by atoms with Gasteiger partial charge in [-0.1, -0.05) is 48.0 Å². The van der Waals surface area contributed by atoms with E-state index in [1.165, 1.54) is 0 Å². The van der Waals surface area contributed by atoms with E-state index in [4.69, 9.17) is 21.4 Å². The molecule has 3 heterocycles. The first-order valence-electron chi connectivity index (χ1n) is 10.2. The first kappa shape index (κ1) is 21.2. The number of thiophene rings is 1. The number of rotatable bonds is 5. The van der Waals surface area contributed by atoms with Crippen LogP contribution in [0.4, 0.5) is 11.6 Å². The summed E-state index contributed by atoms with van der Waals surface area (Å²) < 4.78 is 7.12. The first-order valence-corrected chi connectivity index (χ1v) is 11.5. The van der Waals surface area contributed by atoms with Crippen molar-refractivity contribution in [3.63, 3.8) is 0 Å². The van der Waals surface area contributed by atoms with E-state index in [0.717, 1.165) is 10.4 Å². The van der Waals surface area contributed by atoms with Crippen LogP contribution in [0.3, 0.4) is 0 Å². The summed E-state index contributed by atoms with van der Waals surface area (Å²) in [6.07, 6.45) is 0. The summed E-state index contributed by atoms with van der Waals surface area (Å²) in [5.41, 5.74) is 2.50. The van der Waals surface area contributed by atoms with Crippen LogP contribution in [0.25, 0.3) is 10.7 Å². The summed E-state index contributed by atoms with van der Waals surface area (Å²) in [5, 5.41) is 13.5. The van der Waals surface area contributed by atoms with Crippen molar-refractivity contribution in [3.8, 4) is 16.5 Å². The van der Waals surface area contributed by atoms with Crippen LogP contribution in [0.1, 0.15) is 18.5 Å². The number of carbonyl (C=O) groups excluding carboxylic acids is 1. The van der Waals surface area contributed by atoms with E-state index < -0.39 is 6.04 Å². The molecule has 1 aliphatic heterocycles. The van der Waals surface area contributed by atoms with Crippen molar-refractivity contribution in [2.24, 2.45) is 0 Å². The third-order valence-corrected chi connectivity index (χ3v) is 6.60. The van der Waals surface area contributed by atoms with E-state index in [9.17, 15) is 4.79 Å². The van der Waals surface area contributed by atoms with Gasteiger partial charge in [-0.25, -0.2) is 4.68 Å². The van der Waals surface area contributed by atoms with Gasteiger partial charge in [-0.15, -0.1) is 16.4 Å². The van der Waals surface area contributed by atoms with E-state index in [1.807, 2.05) is 54.8 Å². The van der Waals surface area contributed by atoms with Gasteiger partial charge in [-0.05, 0) is 36.6 Å². The number of ether oxygens (including phenoxy) is 1. The number of nitrogens with one attached hydrogen (secondary N) is 2. The molecule has 0 saturated carbocycles. The Kier molecular flexibility index (Phi) is 5.62. The third kappa shape index (κ3) is 3.88. The molecule has 0 aliphatic carbocycles. The van der Waals surface area contributed by atoms with Crippen molar-refractivity contribution >= 4 is 40.5 Å². The number of methoxy groups -OCH3 is 1. The molecule has 5 rings (SSSR count). The number of carbonyl (C=O) groups is 1. The average Bonchev–Trinajstić information content (AvgIpc) is 3.49. The van der Waals surface area contributed by atoms with Crippen LogP contribution in [0.2, 0.25) is 5.02 Å². The standard InChI is InChI=1S/C24H20ClN5O2S/c1-14-20(23(31)27-17-10-5-6-11-18(17)32-2)21(15-8-3-4-9-16(15)25)30-24(26-14)28-22(29-30)19-12-7-13-33-19/h3-13,21H,1-2H3,(H,27,31)(H,26,28,29)/t21-/m1/s1. The lowest BCUT2D eigenvalue weighted by Gasteiger charge is -2.29. The molecule has 1 aliphatic rings. The highest BCUT2D eigenvalue weighted by Gasteiger charge is 2.35. The number of fused-ring (bicyclic) bond motifs is 1. The zero-order chi connectivity index (χ0) is 22.9. The van der Waals surface area contributed by atoms with Crippen molar-refractivity contribution in [1.29, 1.82) is 0 Å². The zero-order valence-corrected chi connectivity index (χ0v) is 19.4. The highest BCUT2D eigenvalue weighted by atomic mass is 35.5. The number of halogens is 1. The Morgan fingerprint density at radius 2 is 1.94 bits per heavy atom. The molecule has 1 amide bonds. The summed E-state index contributed by atoms with van der Waals surface area (Å²) in [5.74, 6) is 1.43. The maximum atomic E-state index is 13.6. The quantitative estimate of drug-likeness (QED) is 0.391. The highest BCUT2D eigenvalue weighted by Crippen LogP contribution is 2.40. The molecule has 0 bridgehead atoms. The Bertz CT molecular complexity index is 1360. The summed E-state index contributed by atoms with van der Waals surface area (Å²) >= 11 is 8.16. The number of benzene rings is 2. The largest absolute Gasteiger partial charge is 0.495 e. The minimum atomic E-state index is -0.564. The van der Waals surface area contributed by atoms with Crippen LogP contribution >= 0.6 is 22.9 Å². The number of hydrogen-bond donors (Lipinski definition) is 2. The van der Waals surface area contributed by atoms with Gasteiger partial charge in [0.1, 0.15) is 11.8 Å². The summed E-state index contributed by atoms with van der Waals surface area (Å²) in [7, 11) is 1.57. The molecule has 4 aromatic rings. The van der Waals surface area contributed by atoms with Crippen LogP contribution in [-0.2, 0) is 4.79 Å². The van der Waals surface area contributed by atoms with Crippen molar-refractivity contribution in [2.45, 2.75) is 13.0 Å². The molecule has 7 nitrogen and oxygen atoms in total. The van der Waals surface area contributed by atoms with Crippen molar-refractivity contribution < 1.29 is 9.53 Å². The van der Waals surface area contributed by atoms with Crippen molar-refractivity contribution in [2.75, 3.05) is 17.7 Å². The monoisotopic (exact) mass is 477 g/mol. The highest BCUT2D eigenvalue weighted by molar-refractivity contribution is 7.13. The molecule has 33 heavy (non-hydrogen) atoms. The van der Waals surface area contributed by atoms with Gasteiger partial charge in [0.05, 0.1) is 23.2 Å². The fraction of sp³-hybridized carbons (Fsp3) is 0.125. The number of amides is 1.